The molecular formula is C9H17N3O3S2. The summed E-state index contributed by atoms with van der Waals surface area (Å²) in [6.45, 7) is 1.57. The van der Waals surface area contributed by atoms with Gasteiger partial charge in [0, 0.05) is 19.3 Å². The van der Waals surface area contributed by atoms with Crippen LogP contribution in [0.5, 0.6) is 0 Å². The van der Waals surface area contributed by atoms with Crippen LogP contribution in [-0.4, -0.2) is 47.5 Å². The van der Waals surface area contributed by atoms with E-state index in [4.69, 9.17) is 0 Å². The van der Waals surface area contributed by atoms with E-state index < -0.39 is 15.6 Å². The van der Waals surface area contributed by atoms with Crippen LogP contribution in [0.25, 0.3) is 0 Å². The summed E-state index contributed by atoms with van der Waals surface area (Å²) in [5.41, 5.74) is -1.06. The van der Waals surface area contributed by atoms with Crippen molar-refractivity contribution in [2.45, 2.75) is 17.6 Å². The predicted molar refractivity (Wildman–Crippen MR) is 67.4 cm³/mol. The van der Waals surface area contributed by atoms with Gasteiger partial charge in [0.05, 0.1) is 11.8 Å². The van der Waals surface area contributed by atoms with Gasteiger partial charge in [-0.1, -0.05) is 0 Å². The van der Waals surface area contributed by atoms with Crippen LogP contribution in [0.15, 0.2) is 17.3 Å². The molecule has 1 unspecified atom stereocenters. The van der Waals surface area contributed by atoms with Gasteiger partial charge >= 0.3 is 0 Å². The zero-order valence-corrected chi connectivity index (χ0v) is 11.7. The maximum Gasteiger partial charge on any atom is 0.257 e. The first-order chi connectivity index (χ1) is 7.78. The first-order valence-corrected chi connectivity index (χ1v) is 7.85. The smallest absolute Gasteiger partial charge is 0.257 e. The molecule has 2 N–H and O–H groups in total. The zero-order chi connectivity index (χ0) is 13.1. The van der Waals surface area contributed by atoms with E-state index in [2.05, 4.69) is 9.82 Å². The fraction of sp³-hybridized carbons (Fsp3) is 0.667. The molecular weight excluding hydrogens is 262 g/mol. The molecule has 17 heavy (non-hydrogen) atoms. The molecule has 1 aromatic rings. The Balaban J connectivity index is 2.73. The molecule has 0 aliphatic heterocycles. The zero-order valence-electron chi connectivity index (χ0n) is 10.0. The van der Waals surface area contributed by atoms with Gasteiger partial charge in [-0.2, -0.15) is 16.9 Å². The molecule has 0 aromatic carbocycles. The monoisotopic (exact) mass is 279 g/mol. The summed E-state index contributed by atoms with van der Waals surface area (Å²) >= 11 is 1.46. The standard InChI is InChI=1S/C9H17N3O3S2/c1-9(13,7-16-3)6-11-17(14,15)8-4-5-10-12(8)2/h4-5,11,13H,6-7H2,1-3H3. The van der Waals surface area contributed by atoms with Gasteiger partial charge in [-0.25, -0.2) is 13.1 Å². The van der Waals surface area contributed by atoms with E-state index >= 15 is 0 Å². The third-order valence-corrected chi connectivity index (χ3v) is 4.54. The second kappa shape index (κ2) is 5.38. The van der Waals surface area contributed by atoms with E-state index in [0.717, 1.165) is 0 Å². The molecule has 0 amide bonds. The van der Waals surface area contributed by atoms with Gasteiger partial charge in [0.15, 0.2) is 5.03 Å². The molecule has 98 valence electrons. The number of aromatic nitrogens is 2. The maximum atomic E-state index is 11.9. The molecule has 0 aliphatic rings. The molecule has 0 radical (unpaired) electrons. The number of hydrogen-bond acceptors (Lipinski definition) is 5. The molecule has 0 saturated carbocycles. The van der Waals surface area contributed by atoms with Crippen molar-refractivity contribution in [1.82, 2.24) is 14.5 Å². The molecule has 0 fully saturated rings. The Morgan fingerprint density at radius 3 is 2.76 bits per heavy atom. The molecule has 0 saturated heterocycles. The van der Waals surface area contributed by atoms with Gasteiger partial charge < -0.3 is 5.11 Å². The van der Waals surface area contributed by atoms with Crippen LogP contribution >= 0.6 is 11.8 Å². The minimum absolute atomic E-state index is 0.0264. The lowest BCUT2D eigenvalue weighted by Crippen LogP contribution is -2.42. The molecule has 0 spiro atoms. The van der Waals surface area contributed by atoms with Crippen LogP contribution < -0.4 is 4.72 Å². The summed E-state index contributed by atoms with van der Waals surface area (Å²) in [4.78, 5) is 0. The SMILES string of the molecule is CSCC(C)(O)CNS(=O)(=O)c1ccnn1C. The van der Waals surface area contributed by atoms with Gasteiger partial charge in [0.25, 0.3) is 10.0 Å². The van der Waals surface area contributed by atoms with E-state index in [1.165, 1.54) is 28.7 Å². The molecule has 0 bridgehead atoms. The van der Waals surface area contributed by atoms with E-state index in [0.29, 0.717) is 5.75 Å². The Kier molecular flexibility index (Phi) is 4.59. The molecule has 0 aliphatic carbocycles. The molecule has 6 nitrogen and oxygen atoms in total. The number of thioether (sulfide) groups is 1. The second-order valence-electron chi connectivity index (χ2n) is 4.05. The number of hydrogen-bond donors (Lipinski definition) is 2. The fourth-order valence-electron chi connectivity index (χ4n) is 1.31. The van der Waals surface area contributed by atoms with E-state index in [1.807, 2.05) is 6.26 Å². The second-order valence-corrected chi connectivity index (χ2v) is 6.63. The fourth-order valence-corrected chi connectivity index (χ4v) is 3.32. The van der Waals surface area contributed by atoms with Crippen molar-refractivity contribution in [3.05, 3.63) is 12.3 Å². The number of nitrogens with one attached hydrogen (secondary N) is 1. The lowest BCUT2D eigenvalue weighted by atomic mass is 10.1. The van der Waals surface area contributed by atoms with Crippen LogP contribution in [0.2, 0.25) is 0 Å². The van der Waals surface area contributed by atoms with Gasteiger partial charge in [-0.05, 0) is 19.2 Å². The summed E-state index contributed by atoms with van der Waals surface area (Å²) in [6.07, 6.45) is 3.26. The number of nitrogens with zero attached hydrogens (tertiary/aromatic N) is 2. The van der Waals surface area contributed by atoms with E-state index in [-0.39, 0.29) is 11.6 Å². The number of sulfonamides is 1. The van der Waals surface area contributed by atoms with Gasteiger partial charge in [0.1, 0.15) is 0 Å². The summed E-state index contributed by atoms with van der Waals surface area (Å²) < 4.78 is 27.4. The minimum atomic E-state index is -3.62. The van der Waals surface area contributed by atoms with E-state index in [9.17, 15) is 13.5 Å². The van der Waals surface area contributed by atoms with Crippen molar-refractivity contribution in [3.8, 4) is 0 Å². The van der Waals surface area contributed by atoms with Crippen molar-refractivity contribution in [2.24, 2.45) is 7.05 Å². The van der Waals surface area contributed by atoms with Crippen LogP contribution in [-0.2, 0) is 17.1 Å². The van der Waals surface area contributed by atoms with Gasteiger partial charge in [-0.15, -0.1) is 0 Å². The summed E-state index contributed by atoms with van der Waals surface area (Å²) in [5.74, 6) is 0.459. The highest BCUT2D eigenvalue weighted by Crippen LogP contribution is 2.11. The Labute approximate surface area is 105 Å². The molecule has 1 aromatic heterocycles. The molecule has 8 heteroatoms. The maximum absolute atomic E-state index is 11.9. The predicted octanol–water partition coefficient (Wildman–Crippen LogP) is -0.188. The first kappa shape index (κ1) is 14.5. The minimum Gasteiger partial charge on any atom is -0.388 e. The van der Waals surface area contributed by atoms with Crippen LogP contribution in [0.1, 0.15) is 6.92 Å². The van der Waals surface area contributed by atoms with Crippen LogP contribution in [0.3, 0.4) is 0 Å². The molecule has 1 heterocycles. The Hall–Kier alpha value is -0.570. The number of rotatable bonds is 6. The molecule has 1 atom stereocenters. The van der Waals surface area contributed by atoms with Crippen LogP contribution in [0, 0.1) is 0 Å². The average Bonchev–Trinajstić information content (AvgIpc) is 2.63. The topological polar surface area (TPSA) is 84.2 Å². The molecule has 1 rings (SSSR count). The quantitative estimate of drug-likeness (QED) is 0.754. The summed E-state index contributed by atoms with van der Waals surface area (Å²) in [5, 5.41) is 13.7. The highest BCUT2D eigenvalue weighted by atomic mass is 32.2. The van der Waals surface area contributed by atoms with Gasteiger partial charge in [-0.3, -0.25) is 4.68 Å². The van der Waals surface area contributed by atoms with Crippen molar-refractivity contribution in [2.75, 3.05) is 18.6 Å². The first-order valence-electron chi connectivity index (χ1n) is 4.97. The number of aryl methyl sites for hydroxylation is 1. The Morgan fingerprint density at radius 2 is 2.29 bits per heavy atom. The van der Waals surface area contributed by atoms with Gasteiger partial charge in [0.2, 0.25) is 0 Å². The lowest BCUT2D eigenvalue weighted by Gasteiger charge is -2.22. The summed E-state index contributed by atoms with van der Waals surface area (Å²) in [7, 11) is -2.07. The highest BCUT2D eigenvalue weighted by molar-refractivity contribution is 7.98. The Morgan fingerprint density at radius 1 is 1.65 bits per heavy atom. The largest absolute Gasteiger partial charge is 0.388 e. The van der Waals surface area contributed by atoms with Crippen LogP contribution in [0.4, 0.5) is 0 Å². The number of aliphatic hydroxyl groups is 1. The summed E-state index contributed by atoms with van der Waals surface area (Å²) in [6, 6.07) is 1.41. The van der Waals surface area contributed by atoms with Crippen molar-refractivity contribution < 1.29 is 13.5 Å². The normalized spacial score (nSPS) is 15.8. The lowest BCUT2D eigenvalue weighted by molar-refractivity contribution is 0.0908. The third kappa shape index (κ3) is 3.98. The average molecular weight is 279 g/mol. The Bertz CT molecular complexity index is 468. The van der Waals surface area contributed by atoms with Crippen molar-refractivity contribution >= 4 is 21.8 Å². The van der Waals surface area contributed by atoms with Crippen molar-refractivity contribution in [1.29, 1.82) is 0 Å². The van der Waals surface area contributed by atoms with E-state index in [1.54, 1.807) is 14.0 Å². The third-order valence-electron chi connectivity index (χ3n) is 2.15. The van der Waals surface area contributed by atoms with Crippen molar-refractivity contribution in [3.63, 3.8) is 0 Å². The highest BCUT2D eigenvalue weighted by Gasteiger charge is 2.25.